The fraction of sp³-hybridized carbons (Fsp3) is 0.600. The largest absolute Gasteiger partial charge is 0.311 e. The van der Waals surface area contributed by atoms with E-state index in [0.29, 0.717) is 5.54 Å². The first kappa shape index (κ1) is 12.9. The molecule has 1 nitrogen and oxygen atoms in total. The maximum Gasteiger partial charge on any atom is 0.0408 e. The van der Waals surface area contributed by atoms with E-state index in [4.69, 9.17) is 11.6 Å². The van der Waals surface area contributed by atoms with Gasteiger partial charge < -0.3 is 5.32 Å². The lowest BCUT2D eigenvalue weighted by Gasteiger charge is -2.38. The number of nitrogens with one attached hydrogen (secondary N) is 1. The summed E-state index contributed by atoms with van der Waals surface area (Å²) in [6, 6.07) is 8.26. The molecule has 0 aliphatic carbocycles. The van der Waals surface area contributed by atoms with E-state index in [2.05, 4.69) is 24.4 Å². The highest BCUT2D eigenvalue weighted by molar-refractivity contribution is 6.30. The molecule has 1 N–H and O–H groups in total. The zero-order valence-electron chi connectivity index (χ0n) is 10.6. The van der Waals surface area contributed by atoms with Crippen molar-refractivity contribution in [1.82, 2.24) is 5.32 Å². The van der Waals surface area contributed by atoms with Gasteiger partial charge in [0.25, 0.3) is 0 Å². The van der Waals surface area contributed by atoms with Crippen LogP contribution in [0.1, 0.15) is 44.6 Å². The molecular formula is C15H22ClN. The van der Waals surface area contributed by atoms with E-state index in [0.717, 1.165) is 11.4 Å². The van der Waals surface area contributed by atoms with Crippen LogP contribution in [0.25, 0.3) is 0 Å². The quantitative estimate of drug-likeness (QED) is 0.846. The number of hydrogen-bond acceptors (Lipinski definition) is 1. The molecule has 1 aromatic rings. The van der Waals surface area contributed by atoms with Gasteiger partial charge in [-0.3, -0.25) is 0 Å². The lowest BCUT2D eigenvalue weighted by atomic mass is 9.81. The van der Waals surface area contributed by atoms with Crippen molar-refractivity contribution in [2.75, 3.05) is 6.54 Å². The molecule has 0 bridgehead atoms. The molecule has 0 radical (unpaired) electrons. The smallest absolute Gasteiger partial charge is 0.0408 e. The van der Waals surface area contributed by atoms with Crippen molar-refractivity contribution in [2.45, 2.75) is 51.0 Å². The van der Waals surface area contributed by atoms with Gasteiger partial charge in [0.1, 0.15) is 0 Å². The van der Waals surface area contributed by atoms with E-state index in [1.165, 1.54) is 44.2 Å². The maximum atomic E-state index is 6.02. The van der Waals surface area contributed by atoms with Crippen molar-refractivity contribution >= 4 is 11.6 Å². The summed E-state index contributed by atoms with van der Waals surface area (Å²) < 4.78 is 0. The lowest BCUT2D eigenvalue weighted by molar-refractivity contribution is 0.229. The number of benzene rings is 1. The summed E-state index contributed by atoms with van der Waals surface area (Å²) in [5, 5.41) is 4.59. The molecule has 2 rings (SSSR count). The van der Waals surface area contributed by atoms with Gasteiger partial charge in [0.2, 0.25) is 0 Å². The summed E-state index contributed by atoms with van der Waals surface area (Å²) in [6.45, 7) is 3.49. The summed E-state index contributed by atoms with van der Waals surface area (Å²) in [5.74, 6) is 0. The molecule has 0 saturated carbocycles. The van der Waals surface area contributed by atoms with Crippen LogP contribution in [0.4, 0.5) is 0 Å². The van der Waals surface area contributed by atoms with E-state index in [1.807, 2.05) is 12.1 Å². The third-order valence-electron chi connectivity index (χ3n) is 4.04. The molecular weight excluding hydrogens is 230 g/mol. The lowest BCUT2D eigenvalue weighted by Crippen LogP contribution is -2.48. The predicted molar refractivity (Wildman–Crippen MR) is 74.6 cm³/mol. The Labute approximate surface area is 110 Å². The highest BCUT2D eigenvalue weighted by Gasteiger charge is 2.28. The van der Waals surface area contributed by atoms with Crippen molar-refractivity contribution in [3.63, 3.8) is 0 Å². The minimum Gasteiger partial charge on any atom is -0.311 e. The first-order valence-corrected chi connectivity index (χ1v) is 7.11. The molecule has 94 valence electrons. The molecule has 17 heavy (non-hydrogen) atoms. The van der Waals surface area contributed by atoms with Crippen LogP contribution in [0.5, 0.6) is 0 Å². The third kappa shape index (κ3) is 3.46. The Morgan fingerprint density at radius 2 is 2.24 bits per heavy atom. The van der Waals surface area contributed by atoms with Gasteiger partial charge in [-0.1, -0.05) is 37.1 Å². The van der Waals surface area contributed by atoms with Crippen LogP contribution in [0.3, 0.4) is 0 Å². The minimum atomic E-state index is 0.376. The molecule has 1 atom stereocenters. The van der Waals surface area contributed by atoms with Crippen LogP contribution in [0.2, 0.25) is 5.02 Å². The molecule has 1 saturated heterocycles. The Kier molecular flexibility index (Phi) is 4.47. The van der Waals surface area contributed by atoms with Crippen LogP contribution in [-0.4, -0.2) is 12.1 Å². The SMILES string of the molecule is CCC1(CCc2cccc(Cl)c2)CCCCN1. The zero-order valence-corrected chi connectivity index (χ0v) is 11.4. The van der Waals surface area contributed by atoms with Crippen LogP contribution in [0.15, 0.2) is 24.3 Å². The first-order valence-electron chi connectivity index (χ1n) is 6.74. The summed E-state index contributed by atoms with van der Waals surface area (Å²) in [4.78, 5) is 0. The molecule has 1 aliphatic heterocycles. The fourth-order valence-corrected chi connectivity index (χ4v) is 3.01. The van der Waals surface area contributed by atoms with Gasteiger partial charge in [-0.25, -0.2) is 0 Å². The van der Waals surface area contributed by atoms with Gasteiger partial charge in [-0.15, -0.1) is 0 Å². The Balaban J connectivity index is 1.95. The molecule has 1 heterocycles. The van der Waals surface area contributed by atoms with Gasteiger partial charge in [-0.2, -0.15) is 0 Å². The van der Waals surface area contributed by atoms with Gasteiger partial charge in [-0.05, 0) is 56.3 Å². The Hall–Kier alpha value is -0.530. The van der Waals surface area contributed by atoms with Gasteiger partial charge in [0, 0.05) is 10.6 Å². The molecule has 0 amide bonds. The molecule has 1 fully saturated rings. The minimum absolute atomic E-state index is 0.376. The number of rotatable bonds is 4. The van der Waals surface area contributed by atoms with E-state index in [9.17, 15) is 0 Å². The van der Waals surface area contributed by atoms with Crippen LogP contribution in [0, 0.1) is 0 Å². The Morgan fingerprint density at radius 1 is 1.35 bits per heavy atom. The zero-order chi connectivity index (χ0) is 12.1. The number of halogens is 1. The average molecular weight is 252 g/mol. The van der Waals surface area contributed by atoms with Crippen LogP contribution < -0.4 is 5.32 Å². The molecule has 1 unspecified atom stereocenters. The average Bonchev–Trinajstić information content (AvgIpc) is 2.38. The second-order valence-electron chi connectivity index (χ2n) is 5.15. The summed E-state index contributed by atoms with van der Waals surface area (Å²) in [5.41, 5.74) is 1.73. The Bertz CT molecular complexity index is 356. The van der Waals surface area contributed by atoms with E-state index >= 15 is 0 Å². The Morgan fingerprint density at radius 3 is 2.88 bits per heavy atom. The van der Waals surface area contributed by atoms with Crippen molar-refractivity contribution in [3.8, 4) is 0 Å². The summed E-state index contributed by atoms with van der Waals surface area (Å²) in [6.07, 6.45) is 7.61. The molecule has 2 heteroatoms. The van der Waals surface area contributed by atoms with Crippen LogP contribution in [-0.2, 0) is 6.42 Å². The maximum absolute atomic E-state index is 6.02. The summed E-state index contributed by atoms with van der Waals surface area (Å²) >= 11 is 6.02. The highest BCUT2D eigenvalue weighted by Crippen LogP contribution is 2.28. The second-order valence-corrected chi connectivity index (χ2v) is 5.58. The topological polar surface area (TPSA) is 12.0 Å². The summed E-state index contributed by atoms with van der Waals surface area (Å²) in [7, 11) is 0. The third-order valence-corrected chi connectivity index (χ3v) is 4.28. The van der Waals surface area contributed by atoms with Crippen molar-refractivity contribution in [1.29, 1.82) is 0 Å². The standard InChI is InChI=1S/C15H22ClN/c1-2-15(9-3-4-11-17-15)10-8-13-6-5-7-14(16)12-13/h5-7,12,17H,2-4,8-11H2,1H3. The normalized spacial score (nSPS) is 24.8. The highest BCUT2D eigenvalue weighted by atomic mass is 35.5. The van der Waals surface area contributed by atoms with E-state index < -0.39 is 0 Å². The first-order chi connectivity index (χ1) is 8.24. The second kappa shape index (κ2) is 5.88. The van der Waals surface area contributed by atoms with E-state index in [1.54, 1.807) is 0 Å². The van der Waals surface area contributed by atoms with E-state index in [-0.39, 0.29) is 0 Å². The molecule has 1 aliphatic rings. The van der Waals surface area contributed by atoms with Gasteiger partial charge >= 0.3 is 0 Å². The molecule has 1 aromatic carbocycles. The van der Waals surface area contributed by atoms with Crippen molar-refractivity contribution < 1.29 is 0 Å². The predicted octanol–water partition coefficient (Wildman–Crippen LogP) is 4.19. The molecule has 0 aromatic heterocycles. The van der Waals surface area contributed by atoms with Crippen LogP contribution >= 0.6 is 11.6 Å². The number of aryl methyl sites for hydroxylation is 1. The monoisotopic (exact) mass is 251 g/mol. The van der Waals surface area contributed by atoms with Gasteiger partial charge in [0.15, 0.2) is 0 Å². The number of piperidine rings is 1. The number of hydrogen-bond donors (Lipinski definition) is 1. The fourth-order valence-electron chi connectivity index (χ4n) is 2.80. The van der Waals surface area contributed by atoms with Gasteiger partial charge in [0.05, 0.1) is 0 Å². The van der Waals surface area contributed by atoms with Crippen molar-refractivity contribution in [3.05, 3.63) is 34.9 Å². The van der Waals surface area contributed by atoms with Crippen molar-refractivity contribution in [2.24, 2.45) is 0 Å². The molecule has 0 spiro atoms.